The van der Waals surface area contributed by atoms with Crippen molar-refractivity contribution in [3.8, 4) is 0 Å². The molecule has 10 heteroatoms. The van der Waals surface area contributed by atoms with Gasteiger partial charge in [-0.1, -0.05) is 18.2 Å². The van der Waals surface area contributed by atoms with E-state index in [4.69, 9.17) is 5.11 Å². The second-order valence-electron chi connectivity index (χ2n) is 9.49. The van der Waals surface area contributed by atoms with Gasteiger partial charge >= 0.3 is 11.5 Å². The van der Waals surface area contributed by atoms with E-state index in [1.165, 1.54) is 24.3 Å². The van der Waals surface area contributed by atoms with Gasteiger partial charge in [-0.2, -0.15) is 13.2 Å². The van der Waals surface area contributed by atoms with Gasteiger partial charge in [0.2, 0.25) is 5.91 Å². The van der Waals surface area contributed by atoms with Crippen molar-refractivity contribution in [3.05, 3.63) is 59.7 Å². The molecule has 2 aliphatic carbocycles. The highest BCUT2D eigenvalue weighted by Gasteiger charge is 2.53. The first kappa shape index (κ1) is 24.7. The zero-order chi connectivity index (χ0) is 25.6. The molecule has 2 aromatic rings. The fraction of sp³-hybridized carbons (Fsp3) is 0.423. The number of anilines is 1. The van der Waals surface area contributed by atoms with Crippen LogP contribution >= 0.6 is 11.8 Å². The van der Waals surface area contributed by atoms with Crippen molar-refractivity contribution < 1.29 is 32.7 Å². The highest BCUT2D eigenvalue weighted by Crippen LogP contribution is 2.54. The zero-order valence-corrected chi connectivity index (χ0v) is 20.1. The van der Waals surface area contributed by atoms with Crippen molar-refractivity contribution in [1.82, 2.24) is 4.90 Å². The third-order valence-corrected chi connectivity index (χ3v) is 7.92. The number of aliphatic carboxylic acids is 1. The minimum atomic E-state index is -4.40. The van der Waals surface area contributed by atoms with E-state index in [1.54, 1.807) is 4.90 Å². The summed E-state index contributed by atoms with van der Waals surface area (Å²) >= 11 is -0.221. The normalized spacial score (nSPS) is 22.8. The fourth-order valence-electron chi connectivity index (χ4n) is 5.40. The Morgan fingerprint density at radius 3 is 2.25 bits per heavy atom. The van der Waals surface area contributed by atoms with E-state index >= 15 is 0 Å². The Kier molecular flexibility index (Phi) is 6.48. The number of thioether (sulfide) groups is 1. The van der Waals surface area contributed by atoms with E-state index in [-0.39, 0.29) is 65.4 Å². The van der Waals surface area contributed by atoms with E-state index in [2.05, 4.69) is 0 Å². The molecule has 0 aromatic heterocycles. The van der Waals surface area contributed by atoms with Crippen LogP contribution in [0.15, 0.2) is 53.4 Å². The molecule has 2 fully saturated rings. The van der Waals surface area contributed by atoms with Gasteiger partial charge in [0.25, 0.3) is 5.91 Å². The lowest BCUT2D eigenvalue weighted by Crippen LogP contribution is -2.59. The van der Waals surface area contributed by atoms with Gasteiger partial charge in [-0.3, -0.25) is 14.4 Å². The molecule has 6 nitrogen and oxygen atoms in total. The molecule has 0 saturated heterocycles. The van der Waals surface area contributed by atoms with E-state index in [9.17, 15) is 27.6 Å². The minimum absolute atomic E-state index is 0.0123. The number of fused-ring (bicyclic) bond motifs is 2. The number of halogens is 3. The van der Waals surface area contributed by atoms with E-state index < -0.39 is 11.5 Å². The average molecular weight is 519 g/mol. The van der Waals surface area contributed by atoms with Crippen molar-refractivity contribution in [3.63, 3.8) is 0 Å². The molecule has 3 aliphatic rings. The van der Waals surface area contributed by atoms with Gasteiger partial charge < -0.3 is 14.9 Å². The summed E-state index contributed by atoms with van der Waals surface area (Å²) in [5, 5.41) is 9.08. The van der Waals surface area contributed by atoms with Crippen LogP contribution in [0.4, 0.5) is 18.9 Å². The number of rotatable bonds is 7. The summed E-state index contributed by atoms with van der Waals surface area (Å²) in [6.45, 7) is 0. The van der Waals surface area contributed by atoms with Gasteiger partial charge in [0.15, 0.2) is 0 Å². The molecular weight excluding hydrogens is 493 g/mol. The Bertz CT molecular complexity index is 1180. The molecule has 2 amide bonds. The number of alkyl halides is 3. The average Bonchev–Trinajstić information content (AvgIpc) is 3.63. The molecule has 2 saturated carbocycles. The molecule has 0 bridgehead atoms. The maximum absolute atomic E-state index is 13.6. The lowest BCUT2D eigenvalue weighted by molar-refractivity contribution is -0.143. The summed E-state index contributed by atoms with van der Waals surface area (Å²) < 4.78 is 38.1. The van der Waals surface area contributed by atoms with Gasteiger partial charge in [0, 0.05) is 40.6 Å². The Morgan fingerprint density at radius 2 is 1.67 bits per heavy atom. The topological polar surface area (TPSA) is 77.9 Å². The highest BCUT2D eigenvalue weighted by atomic mass is 32.2. The molecule has 0 unspecified atom stereocenters. The van der Waals surface area contributed by atoms with Gasteiger partial charge in [-0.15, -0.1) is 0 Å². The van der Waals surface area contributed by atoms with Crippen LogP contribution in [0.2, 0.25) is 0 Å². The van der Waals surface area contributed by atoms with E-state index in [0.717, 1.165) is 31.2 Å². The number of hydrogen-bond donors (Lipinski definition) is 1. The molecule has 2 aromatic carbocycles. The number of hydrogen-bond acceptors (Lipinski definition) is 4. The van der Waals surface area contributed by atoms with Crippen LogP contribution in [0.3, 0.4) is 0 Å². The standard InChI is InChI=1S/C26H25F3N2O4S/c27-26(28,29)36-17-9-5-15(6-10-17)25(35)31-20-4-2-1-3-18(20)24(19-11-12-21(19)31)30(16-7-8-16)22(32)13-14-23(33)34/h1-6,9-10,16,19,21,24H,7-8,11-14H2,(H,33,34)/t19-,21+,24-/m0/s1. The first-order chi connectivity index (χ1) is 17.1. The predicted octanol–water partition coefficient (Wildman–Crippen LogP) is 5.63. The summed E-state index contributed by atoms with van der Waals surface area (Å²) in [5.41, 5.74) is -2.55. The molecule has 0 radical (unpaired) electrons. The molecular formula is C26H25F3N2O4S. The fourth-order valence-corrected chi connectivity index (χ4v) is 5.94. The second kappa shape index (κ2) is 9.46. The maximum Gasteiger partial charge on any atom is 0.446 e. The van der Waals surface area contributed by atoms with E-state index in [1.807, 2.05) is 29.2 Å². The van der Waals surface area contributed by atoms with Gasteiger partial charge in [-0.05, 0) is 73.3 Å². The number of carboxylic acid groups (broad SMARTS) is 1. The van der Waals surface area contributed by atoms with Crippen molar-refractivity contribution in [2.24, 2.45) is 5.92 Å². The molecule has 5 rings (SSSR count). The number of amides is 2. The lowest BCUT2D eigenvalue weighted by Gasteiger charge is -2.55. The molecule has 3 atom stereocenters. The summed E-state index contributed by atoms with van der Waals surface area (Å²) in [6, 6.07) is 12.6. The SMILES string of the molecule is O=C(O)CCC(=O)N(C1CC1)[C@H]1c2ccccc2N(C(=O)c2ccc(SC(F)(F)F)cc2)[C@@H]2CC[C@@H]21. The summed E-state index contributed by atoms with van der Waals surface area (Å²) in [5.74, 6) is -1.46. The van der Waals surface area contributed by atoms with Crippen LogP contribution in [0, 0.1) is 5.92 Å². The Labute approximate surface area is 210 Å². The highest BCUT2D eigenvalue weighted by molar-refractivity contribution is 8.00. The maximum atomic E-state index is 13.6. The molecule has 1 N–H and O–H groups in total. The van der Waals surface area contributed by atoms with Crippen molar-refractivity contribution in [1.29, 1.82) is 0 Å². The van der Waals surface area contributed by atoms with Crippen LogP contribution in [-0.4, -0.2) is 45.4 Å². The second-order valence-corrected chi connectivity index (χ2v) is 10.6. The lowest BCUT2D eigenvalue weighted by atomic mass is 9.67. The van der Waals surface area contributed by atoms with Crippen LogP contribution in [-0.2, 0) is 9.59 Å². The quantitative estimate of drug-likeness (QED) is 0.481. The molecule has 1 heterocycles. The molecule has 36 heavy (non-hydrogen) atoms. The predicted molar refractivity (Wildman–Crippen MR) is 128 cm³/mol. The number of benzene rings is 2. The minimum Gasteiger partial charge on any atom is -0.481 e. The molecule has 0 spiro atoms. The number of carbonyl (C=O) groups excluding carboxylic acids is 2. The Balaban J connectivity index is 1.46. The number of carbonyl (C=O) groups is 3. The van der Waals surface area contributed by atoms with Crippen LogP contribution in [0.25, 0.3) is 0 Å². The van der Waals surface area contributed by atoms with Crippen molar-refractivity contribution in [2.45, 2.75) is 67.1 Å². The number of nitrogens with zero attached hydrogens (tertiary/aromatic N) is 2. The van der Waals surface area contributed by atoms with Gasteiger partial charge in [0.1, 0.15) is 0 Å². The number of para-hydroxylation sites is 1. The van der Waals surface area contributed by atoms with Crippen molar-refractivity contribution in [2.75, 3.05) is 4.90 Å². The first-order valence-electron chi connectivity index (χ1n) is 12.0. The van der Waals surface area contributed by atoms with Crippen molar-refractivity contribution >= 4 is 35.2 Å². The first-order valence-corrected chi connectivity index (χ1v) is 12.8. The largest absolute Gasteiger partial charge is 0.481 e. The van der Waals surface area contributed by atoms with Crippen LogP contribution in [0.1, 0.15) is 60.5 Å². The third-order valence-electron chi connectivity index (χ3n) is 7.18. The van der Waals surface area contributed by atoms with Crippen LogP contribution < -0.4 is 4.90 Å². The monoisotopic (exact) mass is 518 g/mol. The summed E-state index contributed by atoms with van der Waals surface area (Å²) in [6.07, 6.45) is 3.04. The smallest absolute Gasteiger partial charge is 0.446 e. The Morgan fingerprint density at radius 1 is 0.972 bits per heavy atom. The van der Waals surface area contributed by atoms with E-state index in [0.29, 0.717) is 11.3 Å². The van der Waals surface area contributed by atoms with Gasteiger partial charge in [-0.25, -0.2) is 0 Å². The summed E-state index contributed by atoms with van der Waals surface area (Å²) in [4.78, 5) is 41.5. The molecule has 190 valence electrons. The van der Waals surface area contributed by atoms with Crippen LogP contribution in [0.5, 0.6) is 0 Å². The van der Waals surface area contributed by atoms with Gasteiger partial charge in [0.05, 0.1) is 12.5 Å². The molecule has 1 aliphatic heterocycles. The summed E-state index contributed by atoms with van der Waals surface area (Å²) in [7, 11) is 0. The zero-order valence-electron chi connectivity index (χ0n) is 19.3. The Hall–Kier alpha value is -3.01. The number of carboxylic acids is 1. The third kappa shape index (κ3) is 4.83.